The quantitative estimate of drug-likeness (QED) is 0.154. The second kappa shape index (κ2) is 13.6. The van der Waals surface area contributed by atoms with Crippen LogP contribution in [-0.2, 0) is 0 Å². The van der Waals surface area contributed by atoms with Crippen molar-refractivity contribution >= 4 is 55.4 Å². The summed E-state index contributed by atoms with van der Waals surface area (Å²) in [5.41, 5.74) is 4.33. The first-order chi connectivity index (χ1) is 22.6. The van der Waals surface area contributed by atoms with Crippen LogP contribution >= 0.6 is 0 Å². The minimum atomic E-state index is -0.157. The lowest BCUT2D eigenvalue weighted by atomic mass is 10.1. The molecule has 0 unspecified atom stereocenters. The van der Waals surface area contributed by atoms with E-state index < -0.39 is 0 Å². The van der Waals surface area contributed by atoms with E-state index >= 15 is 0 Å². The number of carbonyl (C=O) groups excluding carboxylic acids is 2. The van der Waals surface area contributed by atoms with Gasteiger partial charge in [0.05, 0.1) is 33.2 Å². The van der Waals surface area contributed by atoms with Crippen molar-refractivity contribution in [2.24, 2.45) is 0 Å². The molecule has 46 heavy (non-hydrogen) atoms. The zero-order valence-corrected chi connectivity index (χ0v) is 25.9. The molecule has 1 aliphatic heterocycles. The van der Waals surface area contributed by atoms with Gasteiger partial charge in [-0.3, -0.25) is 9.59 Å². The molecule has 232 valence electrons. The fraction of sp³-hybridized carbons (Fsp3) is 0.263. The number of nitrogens with zero attached hydrogens (tertiary/aromatic N) is 4. The van der Waals surface area contributed by atoms with Gasteiger partial charge >= 0.3 is 0 Å². The van der Waals surface area contributed by atoms with Crippen LogP contribution in [-0.4, -0.2) is 83.9 Å². The minimum absolute atomic E-state index is 0.0230. The van der Waals surface area contributed by atoms with Crippen LogP contribution in [0.15, 0.2) is 97.1 Å². The lowest BCUT2D eigenvalue weighted by Gasteiger charge is -2.29. The predicted octanol–water partition coefficient (Wildman–Crippen LogP) is 5.65. The summed E-state index contributed by atoms with van der Waals surface area (Å²) in [6, 6.07) is 31.7. The molecule has 8 nitrogen and oxygen atoms in total. The van der Waals surface area contributed by atoms with Gasteiger partial charge in [-0.2, -0.15) is 0 Å². The first kappa shape index (κ1) is 29.8. The Bertz CT molecular complexity index is 2040. The molecule has 0 bridgehead atoms. The van der Waals surface area contributed by atoms with E-state index in [1.807, 2.05) is 89.8 Å². The number of hydrogen-bond donors (Lipinski definition) is 2. The van der Waals surface area contributed by atoms with Gasteiger partial charge in [-0.15, -0.1) is 0 Å². The maximum atomic E-state index is 14.1. The molecule has 7 rings (SSSR count). The number of hydrogen-bond acceptors (Lipinski definition) is 6. The van der Waals surface area contributed by atoms with Crippen molar-refractivity contribution in [2.75, 3.05) is 52.4 Å². The Morgan fingerprint density at radius 1 is 0.696 bits per heavy atom. The summed E-state index contributed by atoms with van der Waals surface area (Å²) in [4.78, 5) is 41.6. The third-order valence-corrected chi connectivity index (χ3v) is 8.86. The van der Waals surface area contributed by atoms with Crippen LogP contribution in [0.5, 0.6) is 0 Å². The van der Waals surface area contributed by atoms with E-state index in [1.54, 1.807) is 0 Å². The number of rotatable bonds is 10. The van der Waals surface area contributed by atoms with E-state index in [1.165, 1.54) is 0 Å². The maximum absolute atomic E-state index is 14.1. The molecule has 0 spiro atoms. The fourth-order valence-corrected chi connectivity index (χ4v) is 6.43. The third kappa shape index (κ3) is 6.40. The van der Waals surface area contributed by atoms with Gasteiger partial charge in [-0.1, -0.05) is 60.7 Å². The van der Waals surface area contributed by atoms with Gasteiger partial charge in [0.15, 0.2) is 0 Å². The number of para-hydroxylation sites is 4. The van der Waals surface area contributed by atoms with E-state index in [9.17, 15) is 9.59 Å². The van der Waals surface area contributed by atoms with Crippen LogP contribution in [0.2, 0.25) is 0 Å². The normalized spacial score (nSPS) is 13.8. The molecule has 1 aliphatic rings. The highest BCUT2D eigenvalue weighted by atomic mass is 16.2. The van der Waals surface area contributed by atoms with E-state index in [0.29, 0.717) is 42.7 Å². The van der Waals surface area contributed by atoms with Crippen molar-refractivity contribution in [3.05, 3.63) is 108 Å². The minimum Gasteiger partial charge on any atom is -0.352 e. The summed E-state index contributed by atoms with van der Waals surface area (Å²) in [5, 5.41) is 10.5. The number of fused-ring (bicyclic) bond motifs is 4. The summed E-state index contributed by atoms with van der Waals surface area (Å²) in [5.74, 6) is -0.180. The number of piperazine rings is 1. The number of benzene rings is 4. The second-order valence-electron chi connectivity index (χ2n) is 12.0. The first-order valence-corrected chi connectivity index (χ1v) is 16.2. The van der Waals surface area contributed by atoms with Crippen molar-refractivity contribution < 1.29 is 9.59 Å². The summed E-state index contributed by atoms with van der Waals surface area (Å²) in [6.45, 7) is 6.62. The van der Waals surface area contributed by atoms with Gasteiger partial charge in [0, 0.05) is 67.4 Å². The summed E-state index contributed by atoms with van der Waals surface area (Å²) < 4.78 is 0. The number of pyridine rings is 2. The van der Waals surface area contributed by atoms with Crippen LogP contribution in [0.25, 0.3) is 43.6 Å². The highest BCUT2D eigenvalue weighted by Crippen LogP contribution is 2.24. The standard InChI is InChI=1S/C38H38N6O2/c45-37(31-13-5-11-29-25-27-9-1-3-15-33(27)41-35(29)31)40-17-7-21-44(22-8-20-43-23-18-39-19-24-43)38(46)32-14-6-12-30-26-28-10-2-4-16-34(28)42-36(30)32/h1-6,9-16,25-26,39H,7-8,17-24H2,(H,40,45). The van der Waals surface area contributed by atoms with E-state index in [2.05, 4.69) is 27.7 Å². The monoisotopic (exact) mass is 610 g/mol. The summed E-state index contributed by atoms with van der Waals surface area (Å²) in [7, 11) is 0. The molecule has 2 N–H and O–H groups in total. The van der Waals surface area contributed by atoms with Gasteiger partial charge < -0.3 is 20.4 Å². The van der Waals surface area contributed by atoms with Gasteiger partial charge in [-0.05, 0) is 55.8 Å². The lowest BCUT2D eigenvalue weighted by Crippen LogP contribution is -2.44. The zero-order chi connectivity index (χ0) is 31.3. The molecule has 0 atom stereocenters. The van der Waals surface area contributed by atoms with Gasteiger partial charge in [0.2, 0.25) is 0 Å². The SMILES string of the molecule is O=C(NCCCN(CCCN1CCNCC1)C(=O)c1cccc2cc3ccccc3nc12)c1cccc2cc3ccccc3nc12. The maximum Gasteiger partial charge on any atom is 0.256 e. The number of carbonyl (C=O) groups is 2. The van der Waals surface area contributed by atoms with Crippen LogP contribution in [0.3, 0.4) is 0 Å². The molecule has 3 heterocycles. The van der Waals surface area contributed by atoms with Gasteiger partial charge in [0.25, 0.3) is 11.8 Å². The van der Waals surface area contributed by atoms with E-state index in [4.69, 9.17) is 9.97 Å². The van der Waals surface area contributed by atoms with Crippen molar-refractivity contribution in [2.45, 2.75) is 12.8 Å². The second-order valence-corrected chi connectivity index (χ2v) is 12.0. The highest BCUT2D eigenvalue weighted by molar-refractivity contribution is 6.08. The predicted molar refractivity (Wildman–Crippen MR) is 185 cm³/mol. The van der Waals surface area contributed by atoms with E-state index in [-0.39, 0.29) is 11.8 Å². The van der Waals surface area contributed by atoms with Gasteiger partial charge in [-0.25, -0.2) is 9.97 Å². The molecule has 1 saturated heterocycles. The fourth-order valence-electron chi connectivity index (χ4n) is 6.43. The van der Waals surface area contributed by atoms with E-state index in [0.717, 1.165) is 77.2 Å². The van der Waals surface area contributed by atoms with Crippen molar-refractivity contribution in [3.63, 3.8) is 0 Å². The van der Waals surface area contributed by atoms with Crippen molar-refractivity contribution in [3.8, 4) is 0 Å². The van der Waals surface area contributed by atoms with Crippen molar-refractivity contribution in [1.82, 2.24) is 30.4 Å². The lowest BCUT2D eigenvalue weighted by molar-refractivity contribution is 0.0746. The van der Waals surface area contributed by atoms with Crippen LogP contribution in [0, 0.1) is 0 Å². The zero-order valence-electron chi connectivity index (χ0n) is 25.9. The molecule has 0 radical (unpaired) electrons. The van der Waals surface area contributed by atoms with Crippen LogP contribution in [0.4, 0.5) is 0 Å². The topological polar surface area (TPSA) is 90.5 Å². The molecule has 2 aromatic heterocycles. The molecular weight excluding hydrogens is 572 g/mol. The first-order valence-electron chi connectivity index (χ1n) is 16.2. The Hall–Kier alpha value is -4.92. The Morgan fingerprint density at radius 3 is 1.93 bits per heavy atom. The van der Waals surface area contributed by atoms with Crippen LogP contribution < -0.4 is 10.6 Å². The average Bonchev–Trinajstić information content (AvgIpc) is 3.10. The highest BCUT2D eigenvalue weighted by Gasteiger charge is 2.20. The molecule has 2 amide bonds. The number of nitrogens with one attached hydrogen (secondary N) is 2. The molecule has 4 aromatic carbocycles. The molecule has 1 fully saturated rings. The Kier molecular flexibility index (Phi) is 8.80. The Morgan fingerprint density at radius 2 is 1.26 bits per heavy atom. The van der Waals surface area contributed by atoms with Crippen LogP contribution in [0.1, 0.15) is 33.6 Å². The number of aromatic nitrogens is 2. The third-order valence-electron chi connectivity index (χ3n) is 8.86. The molecule has 8 heteroatoms. The molecule has 0 aliphatic carbocycles. The Labute approximate surface area is 268 Å². The Balaban J connectivity index is 1.06. The summed E-state index contributed by atoms with van der Waals surface area (Å²) >= 11 is 0. The largest absolute Gasteiger partial charge is 0.352 e. The number of amides is 2. The molecule has 0 saturated carbocycles. The summed E-state index contributed by atoms with van der Waals surface area (Å²) in [6.07, 6.45) is 1.52. The van der Waals surface area contributed by atoms with Crippen molar-refractivity contribution in [1.29, 1.82) is 0 Å². The molecule has 6 aromatic rings. The molecular formula is C38H38N6O2. The smallest absolute Gasteiger partial charge is 0.256 e. The average molecular weight is 611 g/mol. The van der Waals surface area contributed by atoms with Gasteiger partial charge in [0.1, 0.15) is 0 Å².